The van der Waals surface area contributed by atoms with Gasteiger partial charge in [0.05, 0.1) is 6.42 Å². The van der Waals surface area contributed by atoms with E-state index in [-0.39, 0.29) is 25.6 Å². The second-order valence-corrected chi connectivity index (χ2v) is 6.81. The highest BCUT2D eigenvalue weighted by Gasteiger charge is 2.12. The predicted molar refractivity (Wildman–Crippen MR) is 120 cm³/mol. The van der Waals surface area contributed by atoms with Crippen molar-refractivity contribution in [3.8, 4) is 11.1 Å². The number of primary amides is 1. The number of amides is 4. The molecule has 2 heterocycles. The maximum atomic E-state index is 11.9. The van der Waals surface area contributed by atoms with E-state index in [2.05, 4.69) is 25.9 Å². The van der Waals surface area contributed by atoms with Gasteiger partial charge in [-0.25, -0.2) is 14.6 Å². The summed E-state index contributed by atoms with van der Waals surface area (Å²) in [6, 6.07) is 9.04. The summed E-state index contributed by atoms with van der Waals surface area (Å²) in [7, 11) is 0. The van der Waals surface area contributed by atoms with Crippen LogP contribution in [-0.4, -0.2) is 41.2 Å². The summed E-state index contributed by atoms with van der Waals surface area (Å²) < 4.78 is 4.94. The second kappa shape index (κ2) is 10.7. The molecule has 0 aliphatic carbocycles. The third-order valence-corrected chi connectivity index (χ3v) is 4.57. The zero-order chi connectivity index (χ0) is 22.9. The van der Waals surface area contributed by atoms with Crippen molar-refractivity contribution in [3.05, 3.63) is 54.5 Å². The molecule has 32 heavy (non-hydrogen) atoms. The number of pyridine rings is 2. The largest absolute Gasteiger partial charge is 0.449 e. The van der Waals surface area contributed by atoms with Crippen LogP contribution < -0.4 is 21.7 Å². The first-order chi connectivity index (χ1) is 15.5. The van der Waals surface area contributed by atoms with E-state index < -0.39 is 12.0 Å². The molecule has 0 fully saturated rings. The number of urea groups is 1. The first kappa shape index (κ1) is 22.5. The number of aromatic nitrogens is 2. The summed E-state index contributed by atoms with van der Waals surface area (Å²) in [4.78, 5) is 43.0. The Morgan fingerprint density at radius 1 is 1.06 bits per heavy atom. The van der Waals surface area contributed by atoms with Gasteiger partial charge >= 0.3 is 12.1 Å². The Balaban J connectivity index is 1.89. The van der Waals surface area contributed by atoms with Crippen molar-refractivity contribution in [2.75, 3.05) is 18.5 Å². The van der Waals surface area contributed by atoms with E-state index in [9.17, 15) is 14.4 Å². The molecule has 10 heteroatoms. The number of carbonyl (C=O) groups is 3. The van der Waals surface area contributed by atoms with Gasteiger partial charge in [-0.1, -0.05) is 12.1 Å². The molecule has 0 spiro atoms. The number of hydrogen-bond donors (Lipinski definition) is 4. The molecule has 3 rings (SSSR count). The van der Waals surface area contributed by atoms with Gasteiger partial charge < -0.3 is 21.1 Å². The molecule has 0 radical (unpaired) electrons. The van der Waals surface area contributed by atoms with E-state index in [0.717, 1.165) is 27.5 Å². The van der Waals surface area contributed by atoms with Crippen molar-refractivity contribution < 1.29 is 19.1 Å². The molecule has 0 unspecified atom stereocenters. The minimum Gasteiger partial charge on any atom is -0.449 e. The fourth-order valence-corrected chi connectivity index (χ4v) is 3.09. The Bertz CT molecular complexity index is 1120. The number of ether oxygens (including phenoxy) is 1. The topological polar surface area (TPSA) is 148 Å². The Morgan fingerprint density at radius 3 is 2.56 bits per heavy atom. The van der Waals surface area contributed by atoms with Crippen molar-refractivity contribution in [2.24, 2.45) is 5.73 Å². The van der Waals surface area contributed by atoms with E-state index in [1.54, 1.807) is 24.7 Å². The lowest BCUT2D eigenvalue weighted by atomic mass is 9.96. The number of nitrogens with two attached hydrogens (primary N) is 1. The molecule has 5 N–H and O–H groups in total. The number of nitrogens with zero attached hydrogens (tertiary/aromatic N) is 2. The quantitative estimate of drug-likeness (QED) is 0.426. The Hall–Kier alpha value is -4.21. The van der Waals surface area contributed by atoms with Gasteiger partial charge in [0.1, 0.15) is 12.4 Å². The fraction of sp³-hybridized carbons (Fsp3) is 0.227. The Morgan fingerprint density at radius 2 is 1.84 bits per heavy atom. The summed E-state index contributed by atoms with van der Waals surface area (Å²) >= 11 is 0. The van der Waals surface area contributed by atoms with Crippen LogP contribution in [0, 0.1) is 0 Å². The number of alkyl carbamates (subject to hydrolysis) is 1. The van der Waals surface area contributed by atoms with Crippen molar-refractivity contribution >= 4 is 34.6 Å². The molecular weight excluding hydrogens is 412 g/mol. The number of fused-ring (bicyclic) bond motifs is 1. The molecule has 10 nitrogen and oxygen atoms in total. The van der Waals surface area contributed by atoms with Crippen LogP contribution in [0.15, 0.2) is 48.9 Å². The highest BCUT2D eigenvalue weighted by molar-refractivity contribution is 6.00. The first-order valence-electron chi connectivity index (χ1n) is 10.0. The van der Waals surface area contributed by atoms with Crippen molar-refractivity contribution in [2.45, 2.75) is 19.9 Å². The molecule has 166 valence electrons. The van der Waals surface area contributed by atoms with E-state index >= 15 is 0 Å². The maximum absolute atomic E-state index is 11.9. The Kier molecular flexibility index (Phi) is 7.52. The van der Waals surface area contributed by atoms with Crippen molar-refractivity contribution in [1.82, 2.24) is 20.6 Å². The zero-order valence-electron chi connectivity index (χ0n) is 17.6. The molecule has 2 aromatic heterocycles. The summed E-state index contributed by atoms with van der Waals surface area (Å²) in [5, 5.41) is 9.69. The van der Waals surface area contributed by atoms with Gasteiger partial charge in [0.15, 0.2) is 0 Å². The van der Waals surface area contributed by atoms with E-state index in [4.69, 9.17) is 10.5 Å². The zero-order valence-corrected chi connectivity index (χ0v) is 17.6. The molecular formula is C22H24N6O4. The average Bonchev–Trinajstić information content (AvgIpc) is 2.77. The molecule has 0 aliphatic rings. The normalized spacial score (nSPS) is 10.4. The molecule has 0 atom stereocenters. The minimum absolute atomic E-state index is 0.0394. The summed E-state index contributed by atoms with van der Waals surface area (Å²) in [5.74, 6) is -0.145. The predicted octanol–water partition coefficient (Wildman–Crippen LogP) is 2.54. The third-order valence-electron chi connectivity index (χ3n) is 4.57. The molecule has 4 amide bonds. The van der Waals surface area contributed by atoms with Gasteiger partial charge in [0.25, 0.3) is 0 Å². The molecule has 0 bridgehead atoms. The third kappa shape index (κ3) is 5.91. The average molecular weight is 436 g/mol. The van der Waals surface area contributed by atoms with Gasteiger partial charge in [-0.2, -0.15) is 0 Å². The number of carbonyl (C=O) groups excluding carboxylic acids is 3. The Labute approximate surface area is 184 Å². The number of rotatable bonds is 8. The van der Waals surface area contributed by atoms with Crippen LogP contribution >= 0.6 is 0 Å². The van der Waals surface area contributed by atoms with Crippen LogP contribution in [0.25, 0.3) is 21.9 Å². The van der Waals surface area contributed by atoms with Gasteiger partial charge in [-0.3, -0.25) is 15.1 Å². The molecule has 0 aliphatic heterocycles. The summed E-state index contributed by atoms with van der Waals surface area (Å²) in [5.41, 5.74) is 7.72. The first-order valence-corrected chi connectivity index (χ1v) is 10.0. The van der Waals surface area contributed by atoms with Crippen LogP contribution in [0.5, 0.6) is 0 Å². The van der Waals surface area contributed by atoms with E-state index in [1.165, 1.54) is 0 Å². The molecule has 0 saturated carbocycles. The second-order valence-electron chi connectivity index (χ2n) is 6.81. The standard InChI is InChI=1S/C22H24N6O4/c1-2-25-21(30)28-20-11-17-16(14-5-8-24-9-6-14)4-3-15(18(17)13-26-20)12-27-22(31)32-10-7-19(23)29/h3-6,8-9,11,13H,2,7,10,12H2,1H3,(H2,23,29)(H,27,31)(H2,25,26,28,30). The molecule has 0 saturated heterocycles. The smallest absolute Gasteiger partial charge is 0.407 e. The molecule has 1 aromatic carbocycles. The molecule has 3 aromatic rings. The summed E-state index contributed by atoms with van der Waals surface area (Å²) in [6.45, 7) is 2.42. The van der Waals surface area contributed by atoms with Crippen LogP contribution in [0.1, 0.15) is 18.9 Å². The van der Waals surface area contributed by atoms with Gasteiger partial charge in [0.2, 0.25) is 5.91 Å². The maximum Gasteiger partial charge on any atom is 0.407 e. The van der Waals surface area contributed by atoms with Crippen molar-refractivity contribution in [1.29, 1.82) is 0 Å². The van der Waals surface area contributed by atoms with E-state index in [1.807, 2.05) is 31.2 Å². The van der Waals surface area contributed by atoms with Gasteiger partial charge in [0, 0.05) is 37.1 Å². The minimum atomic E-state index is -0.653. The van der Waals surface area contributed by atoms with Crippen LogP contribution in [-0.2, 0) is 16.1 Å². The number of anilines is 1. The number of benzene rings is 1. The highest BCUT2D eigenvalue weighted by atomic mass is 16.5. The van der Waals surface area contributed by atoms with Gasteiger partial charge in [-0.15, -0.1) is 0 Å². The SMILES string of the molecule is CCNC(=O)Nc1cc2c(-c3ccncc3)ccc(CNC(=O)OCCC(N)=O)c2cn1. The highest BCUT2D eigenvalue weighted by Crippen LogP contribution is 2.31. The fourth-order valence-electron chi connectivity index (χ4n) is 3.09. The van der Waals surface area contributed by atoms with Crippen LogP contribution in [0.2, 0.25) is 0 Å². The lowest BCUT2D eigenvalue weighted by molar-refractivity contribution is -0.118. The lowest BCUT2D eigenvalue weighted by Crippen LogP contribution is -2.28. The van der Waals surface area contributed by atoms with E-state index in [0.29, 0.717) is 12.4 Å². The number of nitrogens with one attached hydrogen (secondary N) is 3. The van der Waals surface area contributed by atoms with Crippen molar-refractivity contribution in [3.63, 3.8) is 0 Å². The van der Waals surface area contributed by atoms with Gasteiger partial charge in [-0.05, 0) is 47.2 Å². The van der Waals surface area contributed by atoms with Crippen LogP contribution in [0.3, 0.4) is 0 Å². The summed E-state index contributed by atoms with van der Waals surface area (Å²) in [6.07, 6.45) is 4.36. The monoisotopic (exact) mass is 436 g/mol. The number of hydrogen-bond acceptors (Lipinski definition) is 6. The lowest BCUT2D eigenvalue weighted by Gasteiger charge is -2.14. The van der Waals surface area contributed by atoms with Crippen LogP contribution in [0.4, 0.5) is 15.4 Å².